The number of benzene rings is 3. The molecule has 1 aromatic heterocycles. The average molecular weight is 997 g/mol. The Morgan fingerprint density at radius 3 is 2.19 bits per heavy atom. The van der Waals surface area contributed by atoms with Gasteiger partial charge in [0.05, 0.1) is 75.8 Å². The van der Waals surface area contributed by atoms with Gasteiger partial charge in [0, 0.05) is 5.56 Å². The number of nitrogens with one attached hydrogen (secondary N) is 3. The average Bonchev–Trinajstić information content (AvgIpc) is 3.90. The molecule has 4 amide bonds. The van der Waals surface area contributed by atoms with Crippen molar-refractivity contribution < 1.29 is 71.2 Å². The molecule has 386 valence electrons. The maximum Gasteiger partial charge on any atom is 0.378 e. The second-order valence-electron chi connectivity index (χ2n) is 16.2. The molecule has 72 heavy (non-hydrogen) atoms. The van der Waals surface area contributed by atoms with Crippen molar-refractivity contribution in [2.45, 2.75) is 97.8 Å². The molecule has 0 saturated carbocycles. The van der Waals surface area contributed by atoms with E-state index in [1.165, 1.54) is 36.4 Å². The molecular weight excluding hydrogens is 931 g/mol. The lowest BCUT2D eigenvalue weighted by Gasteiger charge is -2.31. The van der Waals surface area contributed by atoms with E-state index in [0.717, 1.165) is 29.9 Å². The summed E-state index contributed by atoms with van der Waals surface area (Å²) in [7, 11) is 4.97. The van der Waals surface area contributed by atoms with Crippen molar-refractivity contribution in [3.05, 3.63) is 107 Å². The molecule has 0 spiro atoms. The number of amides is 4. The molecule has 19 nitrogen and oxygen atoms in total. The fraction of sp³-hybridized carbons (Fsp3) is 0.442. The highest BCUT2D eigenvalue weighted by Crippen LogP contribution is 2.30. The van der Waals surface area contributed by atoms with Gasteiger partial charge in [-0.1, -0.05) is 82.9 Å². The normalized spacial score (nSPS) is 12.1. The first-order valence-electron chi connectivity index (χ1n) is 24.1. The Morgan fingerprint density at radius 1 is 0.764 bits per heavy atom. The predicted octanol–water partition coefficient (Wildman–Crippen LogP) is 6.43. The molecule has 0 aliphatic heterocycles. The molecule has 0 saturated heterocycles. The SMILES string of the molecule is [B]OC(=O)C[C@H](NC(=O)c1ccc(-c2ccc(C(=O)NCNC(=O)[C@H](CCCCC)[C@@H](CC)N(C=O)OC(=O)c3ccc(OCCOCCOCc4ccccc4)cc3)o2)cc1OCC)C(=O)OCCCC. The van der Waals surface area contributed by atoms with Crippen LogP contribution in [0.2, 0.25) is 0 Å². The first kappa shape index (κ1) is 57.4. The first-order chi connectivity index (χ1) is 35.0. The number of hydrogen-bond donors (Lipinski definition) is 3. The highest BCUT2D eigenvalue weighted by atomic mass is 16.7. The number of hydrogen-bond acceptors (Lipinski definition) is 15. The lowest BCUT2D eigenvalue weighted by molar-refractivity contribution is -0.171. The number of rotatable bonds is 34. The van der Waals surface area contributed by atoms with Crippen molar-refractivity contribution in [3.8, 4) is 22.8 Å². The van der Waals surface area contributed by atoms with Gasteiger partial charge in [-0.15, -0.1) is 0 Å². The summed E-state index contributed by atoms with van der Waals surface area (Å²) in [6.45, 7) is 9.32. The van der Waals surface area contributed by atoms with Crippen molar-refractivity contribution in [3.63, 3.8) is 0 Å². The Kier molecular flexibility index (Phi) is 25.4. The smallest absolute Gasteiger partial charge is 0.378 e. The monoisotopic (exact) mass is 996 g/mol. The summed E-state index contributed by atoms with van der Waals surface area (Å²) in [6, 6.07) is 21.3. The molecule has 4 rings (SSSR count). The molecule has 3 atom stereocenters. The fourth-order valence-corrected chi connectivity index (χ4v) is 7.20. The van der Waals surface area contributed by atoms with E-state index in [2.05, 4.69) is 20.6 Å². The van der Waals surface area contributed by atoms with Crippen LogP contribution in [0.1, 0.15) is 116 Å². The Bertz CT molecular complexity index is 2330. The third-order valence-electron chi connectivity index (χ3n) is 11.0. The van der Waals surface area contributed by atoms with E-state index >= 15 is 0 Å². The summed E-state index contributed by atoms with van der Waals surface area (Å²) < 4.78 is 37.9. The predicted molar refractivity (Wildman–Crippen MR) is 263 cm³/mol. The zero-order valence-electron chi connectivity index (χ0n) is 41.4. The van der Waals surface area contributed by atoms with Crippen LogP contribution >= 0.6 is 0 Å². The molecule has 3 aromatic carbocycles. The van der Waals surface area contributed by atoms with Crippen LogP contribution in [0.25, 0.3) is 11.3 Å². The number of nitrogens with zero attached hydrogens (tertiary/aromatic N) is 1. The summed E-state index contributed by atoms with van der Waals surface area (Å²) in [5.41, 5.74) is 1.71. The van der Waals surface area contributed by atoms with Gasteiger partial charge in [0.25, 0.3) is 17.8 Å². The highest BCUT2D eigenvalue weighted by Gasteiger charge is 2.34. The van der Waals surface area contributed by atoms with Crippen molar-refractivity contribution in [2.75, 3.05) is 46.3 Å². The molecule has 0 fully saturated rings. The van der Waals surface area contributed by atoms with Crippen molar-refractivity contribution in [1.82, 2.24) is 21.0 Å². The molecule has 0 bridgehead atoms. The minimum absolute atomic E-state index is 0.0351. The molecule has 1 heterocycles. The summed E-state index contributed by atoms with van der Waals surface area (Å²) in [5, 5.41) is 8.69. The maximum absolute atomic E-state index is 13.8. The van der Waals surface area contributed by atoms with Crippen LogP contribution in [-0.2, 0) is 49.5 Å². The molecule has 4 aromatic rings. The summed E-state index contributed by atoms with van der Waals surface area (Å²) in [6.07, 6.45) is 4.12. The van der Waals surface area contributed by atoms with Crippen LogP contribution in [0.3, 0.4) is 0 Å². The zero-order chi connectivity index (χ0) is 52.1. The van der Waals surface area contributed by atoms with Crippen LogP contribution < -0.4 is 25.4 Å². The van der Waals surface area contributed by atoms with Crippen molar-refractivity contribution in [1.29, 1.82) is 0 Å². The van der Waals surface area contributed by atoms with Crippen LogP contribution in [0.5, 0.6) is 11.5 Å². The lowest BCUT2D eigenvalue weighted by Crippen LogP contribution is -2.49. The second kappa shape index (κ2) is 31.9. The second-order valence-corrected chi connectivity index (χ2v) is 16.2. The van der Waals surface area contributed by atoms with E-state index in [9.17, 15) is 33.6 Å². The van der Waals surface area contributed by atoms with Crippen molar-refractivity contribution >= 4 is 50.1 Å². The van der Waals surface area contributed by atoms with Crippen LogP contribution in [-0.4, -0.2) is 114 Å². The Balaban J connectivity index is 1.31. The highest BCUT2D eigenvalue weighted by molar-refractivity contribution is 6.06. The van der Waals surface area contributed by atoms with Crippen LogP contribution in [0.4, 0.5) is 0 Å². The van der Waals surface area contributed by atoms with E-state index in [4.69, 9.17) is 41.0 Å². The summed E-state index contributed by atoms with van der Waals surface area (Å²) in [5.74, 6) is -4.49. The van der Waals surface area contributed by atoms with Gasteiger partial charge in [-0.05, 0) is 80.3 Å². The zero-order valence-corrected chi connectivity index (χ0v) is 41.4. The number of hydroxylamine groups is 2. The number of ether oxygens (including phenoxy) is 5. The summed E-state index contributed by atoms with van der Waals surface area (Å²) >= 11 is 0. The van der Waals surface area contributed by atoms with Gasteiger partial charge in [0.15, 0.2) is 5.76 Å². The molecule has 0 unspecified atom stereocenters. The van der Waals surface area contributed by atoms with E-state index in [1.807, 2.05) is 44.2 Å². The Hall–Kier alpha value is -7.19. The number of esters is 1. The van der Waals surface area contributed by atoms with Gasteiger partial charge in [-0.2, -0.15) is 5.06 Å². The van der Waals surface area contributed by atoms with Gasteiger partial charge in [-0.3, -0.25) is 24.0 Å². The first-order valence-corrected chi connectivity index (χ1v) is 24.1. The minimum Gasteiger partial charge on any atom is -0.543 e. The van der Waals surface area contributed by atoms with E-state index in [0.29, 0.717) is 63.4 Å². The topological polar surface area (TPSA) is 237 Å². The third-order valence-corrected chi connectivity index (χ3v) is 11.0. The lowest BCUT2D eigenvalue weighted by atomic mass is 9.90. The van der Waals surface area contributed by atoms with Gasteiger partial charge in [0.1, 0.15) is 29.9 Å². The molecular formula is C52H65BN4O15. The Labute approximate surface area is 421 Å². The summed E-state index contributed by atoms with van der Waals surface area (Å²) in [4.78, 5) is 96.3. The molecule has 0 aliphatic carbocycles. The van der Waals surface area contributed by atoms with Crippen molar-refractivity contribution in [2.24, 2.45) is 5.92 Å². The van der Waals surface area contributed by atoms with Gasteiger partial charge in [-0.25, -0.2) is 9.59 Å². The molecule has 3 N–H and O–H groups in total. The number of carbonyl (C=O) groups excluding carboxylic acids is 7. The maximum atomic E-state index is 13.8. The van der Waals surface area contributed by atoms with Crippen LogP contribution in [0, 0.1) is 5.92 Å². The minimum atomic E-state index is -1.39. The molecule has 20 heteroatoms. The fourth-order valence-electron chi connectivity index (χ4n) is 7.20. The number of carbonyl (C=O) groups is 7. The number of furan rings is 1. The largest absolute Gasteiger partial charge is 0.543 e. The molecule has 2 radical (unpaired) electrons. The van der Waals surface area contributed by atoms with Gasteiger partial charge < -0.3 is 53.5 Å². The van der Waals surface area contributed by atoms with E-state index in [-0.39, 0.29) is 61.3 Å². The standard InChI is InChI=1S/C52H65BN4O15/c1-5-9-12-17-40(43(7-3)57(35-58)72-51(63)37-18-21-39(22-19-37)68-30-29-65-27-28-66-33-36-15-13-11-14-16-36)48(60)54-34-55-50(62)45-25-24-44(70-45)38-20-23-41(46(31-38)67-8-4)49(61)56-42(32-47(59)71-53)52(64)69-26-10-6-2/h11,13-16,18-25,31,35,40,42-43H,5-10,12,17,26-30,32-34H2,1-4H3,(H,54,60)(H,55,62)(H,56,61)/t40-,42+,43-/m1/s1. The third kappa shape index (κ3) is 18.9. The van der Waals surface area contributed by atoms with E-state index < -0.39 is 60.1 Å². The van der Waals surface area contributed by atoms with Gasteiger partial charge >= 0.3 is 20.0 Å². The Morgan fingerprint density at radius 2 is 1.50 bits per heavy atom. The number of unbranched alkanes of at least 4 members (excludes halogenated alkanes) is 3. The van der Waals surface area contributed by atoms with Crippen LogP contribution in [0.15, 0.2) is 89.3 Å². The molecule has 0 aliphatic rings. The van der Waals surface area contributed by atoms with Gasteiger partial charge in [0.2, 0.25) is 12.3 Å². The quantitative estimate of drug-likeness (QED) is 0.0114. The van der Waals surface area contributed by atoms with E-state index in [1.54, 1.807) is 32.0 Å².